The molecular formula is C13H22N4O. The summed E-state index contributed by atoms with van der Waals surface area (Å²) in [6.07, 6.45) is 1.16. The molecule has 1 saturated heterocycles. The van der Waals surface area contributed by atoms with E-state index in [0.717, 1.165) is 44.3 Å². The highest BCUT2D eigenvalue weighted by molar-refractivity contribution is 5.13. The van der Waals surface area contributed by atoms with E-state index < -0.39 is 0 Å². The van der Waals surface area contributed by atoms with Gasteiger partial charge >= 0.3 is 0 Å². The SMILES string of the molecule is CC(c1noc(C2CC2(C)C)n1)N1CCNCC1. The van der Waals surface area contributed by atoms with Gasteiger partial charge in [-0.15, -0.1) is 0 Å². The number of hydrogen-bond acceptors (Lipinski definition) is 5. The van der Waals surface area contributed by atoms with Crippen LogP contribution in [0.1, 0.15) is 50.9 Å². The molecule has 2 aliphatic rings. The van der Waals surface area contributed by atoms with E-state index in [9.17, 15) is 0 Å². The zero-order chi connectivity index (χ0) is 12.8. The summed E-state index contributed by atoms with van der Waals surface area (Å²) in [4.78, 5) is 7.01. The number of piperazine rings is 1. The van der Waals surface area contributed by atoms with Crippen molar-refractivity contribution in [2.45, 2.75) is 39.2 Å². The van der Waals surface area contributed by atoms with Crippen LogP contribution in [0, 0.1) is 5.41 Å². The number of nitrogens with zero attached hydrogens (tertiary/aromatic N) is 3. The molecule has 1 aliphatic heterocycles. The van der Waals surface area contributed by atoms with Crippen LogP contribution in [0.25, 0.3) is 0 Å². The molecule has 1 N–H and O–H groups in total. The first-order chi connectivity index (χ1) is 8.58. The van der Waals surface area contributed by atoms with Crippen molar-refractivity contribution in [3.8, 4) is 0 Å². The Morgan fingerprint density at radius 3 is 2.67 bits per heavy atom. The molecule has 1 aromatic heterocycles. The van der Waals surface area contributed by atoms with E-state index in [0.29, 0.717) is 11.3 Å². The molecule has 5 nitrogen and oxygen atoms in total. The molecule has 3 rings (SSSR count). The summed E-state index contributed by atoms with van der Waals surface area (Å²) in [5.74, 6) is 2.14. The zero-order valence-corrected chi connectivity index (χ0v) is 11.4. The third-order valence-corrected chi connectivity index (χ3v) is 4.34. The maximum absolute atomic E-state index is 5.43. The van der Waals surface area contributed by atoms with Crippen LogP contribution in [0.3, 0.4) is 0 Å². The quantitative estimate of drug-likeness (QED) is 0.882. The molecule has 1 saturated carbocycles. The minimum atomic E-state index is 0.256. The van der Waals surface area contributed by atoms with Crippen molar-refractivity contribution in [2.24, 2.45) is 5.41 Å². The Hall–Kier alpha value is -0.940. The summed E-state index contributed by atoms with van der Waals surface area (Å²) in [7, 11) is 0. The third kappa shape index (κ3) is 2.17. The minimum absolute atomic E-state index is 0.256. The summed E-state index contributed by atoms with van der Waals surface area (Å²) in [5, 5.41) is 7.53. The molecule has 0 radical (unpaired) electrons. The average molecular weight is 250 g/mol. The van der Waals surface area contributed by atoms with Gasteiger partial charge in [0, 0.05) is 32.1 Å². The fraction of sp³-hybridized carbons (Fsp3) is 0.846. The lowest BCUT2D eigenvalue weighted by Crippen LogP contribution is -2.44. The van der Waals surface area contributed by atoms with E-state index in [1.54, 1.807) is 0 Å². The number of nitrogens with one attached hydrogen (secondary N) is 1. The van der Waals surface area contributed by atoms with E-state index >= 15 is 0 Å². The fourth-order valence-electron chi connectivity index (χ4n) is 2.68. The van der Waals surface area contributed by atoms with Crippen molar-refractivity contribution in [2.75, 3.05) is 26.2 Å². The van der Waals surface area contributed by atoms with Crippen molar-refractivity contribution in [1.82, 2.24) is 20.4 Å². The lowest BCUT2D eigenvalue weighted by molar-refractivity contribution is 0.176. The molecule has 0 aromatic carbocycles. The molecule has 0 amide bonds. The van der Waals surface area contributed by atoms with Gasteiger partial charge in [-0.2, -0.15) is 4.98 Å². The highest BCUT2D eigenvalue weighted by Gasteiger charge is 2.50. The lowest BCUT2D eigenvalue weighted by atomic mass is 10.1. The molecule has 18 heavy (non-hydrogen) atoms. The first kappa shape index (κ1) is 12.1. The highest BCUT2D eigenvalue weighted by Crippen LogP contribution is 2.58. The maximum atomic E-state index is 5.43. The van der Waals surface area contributed by atoms with Crippen LogP contribution in [0.15, 0.2) is 4.52 Å². The van der Waals surface area contributed by atoms with E-state index in [4.69, 9.17) is 4.52 Å². The molecule has 2 unspecified atom stereocenters. The second kappa shape index (κ2) is 4.31. The molecule has 0 spiro atoms. The van der Waals surface area contributed by atoms with Gasteiger partial charge in [-0.25, -0.2) is 0 Å². The van der Waals surface area contributed by atoms with Gasteiger partial charge in [0.1, 0.15) is 0 Å². The van der Waals surface area contributed by atoms with Crippen molar-refractivity contribution in [1.29, 1.82) is 0 Å². The molecule has 100 valence electrons. The van der Waals surface area contributed by atoms with Crippen LogP contribution in [-0.4, -0.2) is 41.2 Å². The fourth-order valence-corrected chi connectivity index (χ4v) is 2.68. The normalized spacial score (nSPS) is 29.2. The second-order valence-corrected chi connectivity index (χ2v) is 6.20. The molecule has 5 heteroatoms. The van der Waals surface area contributed by atoms with Gasteiger partial charge in [-0.1, -0.05) is 19.0 Å². The van der Waals surface area contributed by atoms with Crippen LogP contribution in [0.2, 0.25) is 0 Å². The van der Waals surface area contributed by atoms with Crippen LogP contribution in [0.5, 0.6) is 0 Å². The van der Waals surface area contributed by atoms with Crippen molar-refractivity contribution in [3.05, 3.63) is 11.7 Å². The topological polar surface area (TPSA) is 54.2 Å². The molecule has 2 heterocycles. The first-order valence-corrected chi connectivity index (χ1v) is 6.86. The molecular weight excluding hydrogens is 228 g/mol. The van der Waals surface area contributed by atoms with Gasteiger partial charge in [0.05, 0.1) is 6.04 Å². The van der Waals surface area contributed by atoms with Crippen LogP contribution in [-0.2, 0) is 0 Å². The molecule has 0 bridgehead atoms. The first-order valence-electron chi connectivity index (χ1n) is 6.86. The predicted molar refractivity (Wildman–Crippen MR) is 68.3 cm³/mol. The van der Waals surface area contributed by atoms with E-state index in [1.807, 2.05) is 0 Å². The van der Waals surface area contributed by atoms with Gasteiger partial charge in [-0.05, 0) is 18.8 Å². The predicted octanol–water partition coefficient (Wildman–Crippen LogP) is 1.55. The molecule has 1 aromatic rings. The Balaban J connectivity index is 1.69. The van der Waals surface area contributed by atoms with Gasteiger partial charge < -0.3 is 9.84 Å². The van der Waals surface area contributed by atoms with E-state index in [1.165, 1.54) is 0 Å². The smallest absolute Gasteiger partial charge is 0.230 e. The average Bonchev–Trinajstić information content (AvgIpc) is 2.80. The van der Waals surface area contributed by atoms with Gasteiger partial charge in [0.25, 0.3) is 0 Å². The van der Waals surface area contributed by atoms with Crippen LogP contribution < -0.4 is 5.32 Å². The zero-order valence-electron chi connectivity index (χ0n) is 11.4. The van der Waals surface area contributed by atoms with Gasteiger partial charge in [0.2, 0.25) is 5.89 Å². The van der Waals surface area contributed by atoms with E-state index in [-0.39, 0.29) is 6.04 Å². The Morgan fingerprint density at radius 2 is 2.06 bits per heavy atom. The lowest BCUT2D eigenvalue weighted by Gasteiger charge is -2.30. The Kier molecular flexibility index (Phi) is 2.90. The summed E-state index contributed by atoms with van der Waals surface area (Å²) in [5.41, 5.74) is 0.349. The van der Waals surface area contributed by atoms with Crippen molar-refractivity contribution < 1.29 is 4.52 Å². The standard InChI is InChI=1S/C13H22N4O/c1-9(17-6-4-14-5-7-17)11-15-12(18-16-11)10-8-13(10,2)3/h9-10,14H,4-8H2,1-3H3. The van der Waals surface area contributed by atoms with Crippen LogP contribution >= 0.6 is 0 Å². The van der Waals surface area contributed by atoms with E-state index in [2.05, 4.69) is 41.1 Å². The summed E-state index contributed by atoms with van der Waals surface area (Å²) >= 11 is 0. The third-order valence-electron chi connectivity index (χ3n) is 4.34. The van der Waals surface area contributed by atoms with Gasteiger partial charge in [0.15, 0.2) is 5.82 Å². The minimum Gasteiger partial charge on any atom is -0.339 e. The maximum Gasteiger partial charge on any atom is 0.230 e. The number of rotatable bonds is 3. The molecule has 2 fully saturated rings. The molecule has 2 atom stereocenters. The summed E-state index contributed by atoms with van der Waals surface area (Å²) in [6.45, 7) is 10.9. The monoisotopic (exact) mass is 250 g/mol. The van der Waals surface area contributed by atoms with Crippen molar-refractivity contribution >= 4 is 0 Å². The number of aromatic nitrogens is 2. The highest BCUT2D eigenvalue weighted by atomic mass is 16.5. The number of hydrogen-bond donors (Lipinski definition) is 1. The Morgan fingerprint density at radius 1 is 1.39 bits per heavy atom. The van der Waals surface area contributed by atoms with Crippen LogP contribution in [0.4, 0.5) is 0 Å². The van der Waals surface area contributed by atoms with Crippen molar-refractivity contribution in [3.63, 3.8) is 0 Å². The molecule has 1 aliphatic carbocycles. The Labute approximate surface area is 108 Å². The van der Waals surface area contributed by atoms with Gasteiger partial charge in [-0.3, -0.25) is 4.90 Å². The largest absolute Gasteiger partial charge is 0.339 e. The summed E-state index contributed by atoms with van der Waals surface area (Å²) < 4.78 is 5.43. The Bertz CT molecular complexity index is 422. The second-order valence-electron chi connectivity index (χ2n) is 6.20. The summed E-state index contributed by atoms with van der Waals surface area (Å²) in [6, 6.07) is 0.256.